The number of hydrogen-bond donors (Lipinski definition) is 1. The van der Waals surface area contributed by atoms with E-state index < -0.39 is 9.84 Å². The van der Waals surface area contributed by atoms with Gasteiger partial charge in [0.25, 0.3) is 0 Å². The molecule has 0 spiro atoms. The Kier molecular flexibility index (Phi) is 5.75. The molecule has 0 saturated heterocycles. The van der Waals surface area contributed by atoms with Gasteiger partial charge in [0.1, 0.15) is 15.7 Å². The third kappa shape index (κ3) is 5.60. The molecule has 0 aliphatic rings. The van der Waals surface area contributed by atoms with Crippen molar-refractivity contribution in [3.8, 4) is 0 Å². The van der Waals surface area contributed by atoms with E-state index in [0.717, 1.165) is 5.56 Å². The van der Waals surface area contributed by atoms with Crippen molar-refractivity contribution in [2.45, 2.75) is 32.2 Å². The molecule has 1 unspecified atom stereocenters. The molecule has 2 N–H and O–H groups in total. The second-order valence-corrected chi connectivity index (χ2v) is 6.83. The molecule has 1 atom stereocenters. The van der Waals surface area contributed by atoms with Gasteiger partial charge in [-0.2, -0.15) is 0 Å². The van der Waals surface area contributed by atoms with Gasteiger partial charge in [-0.3, -0.25) is 0 Å². The van der Waals surface area contributed by atoms with Crippen LogP contribution in [0.25, 0.3) is 0 Å². The Morgan fingerprint density at radius 2 is 1.83 bits per heavy atom. The van der Waals surface area contributed by atoms with Crippen molar-refractivity contribution in [3.63, 3.8) is 0 Å². The van der Waals surface area contributed by atoms with E-state index >= 15 is 0 Å². The molecule has 0 fully saturated rings. The standard InChI is InChI=1S/C13H20FNO2S/c1-2-8-18(16,17)9-7-13(15)10-11-3-5-12(14)6-4-11/h3-6,13H,2,7-10,15H2,1H3. The van der Waals surface area contributed by atoms with E-state index in [2.05, 4.69) is 0 Å². The monoisotopic (exact) mass is 273 g/mol. The van der Waals surface area contributed by atoms with E-state index in [-0.39, 0.29) is 23.4 Å². The van der Waals surface area contributed by atoms with E-state index in [0.29, 0.717) is 19.3 Å². The molecule has 0 aliphatic carbocycles. The summed E-state index contributed by atoms with van der Waals surface area (Å²) in [5.41, 5.74) is 6.82. The molecule has 1 aromatic carbocycles. The van der Waals surface area contributed by atoms with E-state index in [4.69, 9.17) is 5.73 Å². The van der Waals surface area contributed by atoms with Crippen LogP contribution in [0.3, 0.4) is 0 Å². The molecule has 0 heterocycles. The van der Waals surface area contributed by atoms with Crippen LogP contribution in [0.2, 0.25) is 0 Å². The molecule has 0 saturated carbocycles. The maximum Gasteiger partial charge on any atom is 0.150 e. The average molecular weight is 273 g/mol. The second-order valence-electron chi connectivity index (χ2n) is 4.53. The number of benzene rings is 1. The van der Waals surface area contributed by atoms with Crippen molar-refractivity contribution >= 4 is 9.84 Å². The summed E-state index contributed by atoms with van der Waals surface area (Å²) in [5, 5.41) is 0. The highest BCUT2D eigenvalue weighted by Gasteiger charge is 2.12. The van der Waals surface area contributed by atoms with E-state index in [1.165, 1.54) is 12.1 Å². The molecule has 18 heavy (non-hydrogen) atoms. The van der Waals surface area contributed by atoms with Crippen molar-refractivity contribution in [1.29, 1.82) is 0 Å². The molecule has 5 heteroatoms. The van der Waals surface area contributed by atoms with Crippen LogP contribution < -0.4 is 5.73 Å². The van der Waals surface area contributed by atoms with Crippen molar-refractivity contribution in [1.82, 2.24) is 0 Å². The zero-order valence-corrected chi connectivity index (χ0v) is 11.4. The summed E-state index contributed by atoms with van der Waals surface area (Å²) < 4.78 is 35.8. The highest BCUT2D eigenvalue weighted by Crippen LogP contribution is 2.08. The lowest BCUT2D eigenvalue weighted by molar-refractivity contribution is 0.579. The Morgan fingerprint density at radius 3 is 2.39 bits per heavy atom. The molecule has 3 nitrogen and oxygen atoms in total. The van der Waals surface area contributed by atoms with Crippen LogP contribution in [0, 0.1) is 5.82 Å². The van der Waals surface area contributed by atoms with Crippen molar-refractivity contribution in [2.24, 2.45) is 5.73 Å². The van der Waals surface area contributed by atoms with E-state index in [1.807, 2.05) is 6.92 Å². The second kappa shape index (κ2) is 6.85. The Labute approximate surface area is 108 Å². The SMILES string of the molecule is CCCS(=O)(=O)CCC(N)Cc1ccc(F)cc1. The molecule has 102 valence electrons. The minimum Gasteiger partial charge on any atom is -0.327 e. The van der Waals surface area contributed by atoms with Gasteiger partial charge in [0.15, 0.2) is 0 Å². The molecule has 0 amide bonds. The number of nitrogens with two attached hydrogens (primary N) is 1. The van der Waals surface area contributed by atoms with Gasteiger partial charge in [-0.15, -0.1) is 0 Å². The molecular weight excluding hydrogens is 253 g/mol. The number of halogens is 1. The summed E-state index contributed by atoms with van der Waals surface area (Å²) in [4.78, 5) is 0. The Balaban J connectivity index is 2.42. The van der Waals surface area contributed by atoms with Gasteiger partial charge in [-0.25, -0.2) is 12.8 Å². The first-order valence-corrected chi connectivity index (χ1v) is 7.95. The van der Waals surface area contributed by atoms with Gasteiger partial charge in [0, 0.05) is 11.8 Å². The fraction of sp³-hybridized carbons (Fsp3) is 0.538. The van der Waals surface area contributed by atoms with Crippen molar-refractivity contribution < 1.29 is 12.8 Å². The van der Waals surface area contributed by atoms with Crippen LogP contribution in [-0.2, 0) is 16.3 Å². The molecule has 0 aliphatic heterocycles. The zero-order chi connectivity index (χ0) is 13.6. The van der Waals surface area contributed by atoms with Gasteiger partial charge < -0.3 is 5.73 Å². The van der Waals surface area contributed by atoms with Crippen LogP contribution in [0.4, 0.5) is 4.39 Å². The first kappa shape index (κ1) is 15.1. The smallest absolute Gasteiger partial charge is 0.150 e. The zero-order valence-electron chi connectivity index (χ0n) is 10.6. The maximum absolute atomic E-state index is 12.7. The highest BCUT2D eigenvalue weighted by molar-refractivity contribution is 7.91. The lowest BCUT2D eigenvalue weighted by Gasteiger charge is -2.11. The van der Waals surface area contributed by atoms with Gasteiger partial charge in [-0.1, -0.05) is 19.1 Å². The topological polar surface area (TPSA) is 60.2 Å². The number of hydrogen-bond acceptors (Lipinski definition) is 3. The lowest BCUT2D eigenvalue weighted by atomic mass is 10.1. The lowest BCUT2D eigenvalue weighted by Crippen LogP contribution is -2.26. The highest BCUT2D eigenvalue weighted by atomic mass is 32.2. The number of sulfone groups is 1. The molecule has 1 rings (SSSR count). The van der Waals surface area contributed by atoms with Crippen molar-refractivity contribution in [2.75, 3.05) is 11.5 Å². The third-order valence-corrected chi connectivity index (χ3v) is 4.61. The minimum atomic E-state index is -2.97. The average Bonchev–Trinajstić information content (AvgIpc) is 2.30. The van der Waals surface area contributed by atoms with Crippen LogP contribution >= 0.6 is 0 Å². The summed E-state index contributed by atoms with van der Waals surface area (Å²) in [6.07, 6.45) is 1.65. The molecule has 0 aromatic heterocycles. The van der Waals surface area contributed by atoms with Crippen LogP contribution in [-0.4, -0.2) is 26.0 Å². The van der Waals surface area contributed by atoms with Gasteiger partial charge in [0.2, 0.25) is 0 Å². The summed E-state index contributed by atoms with van der Waals surface area (Å²) in [6.45, 7) is 1.84. The molecule has 1 aromatic rings. The maximum atomic E-state index is 12.7. The predicted molar refractivity (Wildman–Crippen MR) is 71.6 cm³/mol. The Hall–Kier alpha value is -0.940. The van der Waals surface area contributed by atoms with Crippen LogP contribution in [0.15, 0.2) is 24.3 Å². The summed E-state index contributed by atoms with van der Waals surface area (Å²) in [7, 11) is -2.97. The Morgan fingerprint density at radius 1 is 1.22 bits per heavy atom. The first-order chi connectivity index (χ1) is 8.43. The normalized spacial score (nSPS) is 13.5. The Bertz CT molecular complexity index is 456. The first-order valence-electron chi connectivity index (χ1n) is 6.13. The fourth-order valence-electron chi connectivity index (χ4n) is 1.77. The predicted octanol–water partition coefficient (Wildman–Crippen LogP) is 1.91. The largest absolute Gasteiger partial charge is 0.327 e. The van der Waals surface area contributed by atoms with Crippen LogP contribution in [0.5, 0.6) is 0 Å². The summed E-state index contributed by atoms with van der Waals surface area (Å²) >= 11 is 0. The summed E-state index contributed by atoms with van der Waals surface area (Å²) in [5.74, 6) is 0.0669. The molecule has 0 bridgehead atoms. The quantitative estimate of drug-likeness (QED) is 0.825. The molecular formula is C13H20FNO2S. The number of rotatable bonds is 7. The van der Waals surface area contributed by atoms with Gasteiger partial charge in [-0.05, 0) is 37.0 Å². The summed E-state index contributed by atoms with van der Waals surface area (Å²) in [6, 6.07) is 5.92. The van der Waals surface area contributed by atoms with Crippen molar-refractivity contribution in [3.05, 3.63) is 35.6 Å². The molecule has 0 radical (unpaired) electrons. The van der Waals surface area contributed by atoms with Crippen LogP contribution in [0.1, 0.15) is 25.3 Å². The minimum absolute atomic E-state index is 0.128. The van der Waals surface area contributed by atoms with E-state index in [9.17, 15) is 12.8 Å². The van der Waals surface area contributed by atoms with Gasteiger partial charge >= 0.3 is 0 Å². The van der Waals surface area contributed by atoms with E-state index in [1.54, 1.807) is 12.1 Å². The fourth-order valence-corrected chi connectivity index (χ4v) is 3.26. The van der Waals surface area contributed by atoms with Gasteiger partial charge in [0.05, 0.1) is 5.75 Å². The third-order valence-electron chi connectivity index (χ3n) is 2.73.